The molecule has 0 aromatic heterocycles. The van der Waals surface area contributed by atoms with Crippen LogP contribution in [0.2, 0.25) is 5.02 Å². The van der Waals surface area contributed by atoms with Crippen LogP contribution in [0, 0.1) is 0 Å². The molecule has 6 heteroatoms. The number of para-hydroxylation sites is 1. The van der Waals surface area contributed by atoms with Crippen molar-refractivity contribution in [2.45, 2.75) is 33.3 Å². The Morgan fingerprint density at radius 1 is 0.816 bits per heavy atom. The summed E-state index contributed by atoms with van der Waals surface area (Å²) in [5, 5.41) is 3.29. The molecule has 4 aromatic carbocycles. The minimum Gasteiger partial charge on any atom is -0.493 e. The molecule has 38 heavy (non-hydrogen) atoms. The first kappa shape index (κ1) is 27.0. The summed E-state index contributed by atoms with van der Waals surface area (Å²) < 4.78 is 12.0. The average molecular weight is 528 g/mol. The second-order valence-corrected chi connectivity index (χ2v) is 9.51. The molecule has 194 valence electrons. The smallest absolute Gasteiger partial charge is 0.255 e. The first-order valence-electron chi connectivity index (χ1n) is 12.6. The highest BCUT2D eigenvalue weighted by molar-refractivity contribution is 6.31. The number of hydrogen-bond donors (Lipinski definition) is 1. The van der Waals surface area contributed by atoms with Gasteiger partial charge in [0.1, 0.15) is 18.1 Å². The van der Waals surface area contributed by atoms with Gasteiger partial charge in [-0.2, -0.15) is 0 Å². The van der Waals surface area contributed by atoms with Gasteiger partial charge < -0.3 is 14.8 Å². The van der Waals surface area contributed by atoms with E-state index in [0.717, 1.165) is 16.9 Å². The molecular formula is C32H30ClNO4. The molecule has 1 amide bonds. The fraction of sp³-hybridized carbons (Fsp3) is 0.188. The van der Waals surface area contributed by atoms with Crippen LogP contribution < -0.4 is 14.8 Å². The lowest BCUT2D eigenvalue weighted by atomic mass is 10.0. The molecule has 0 heterocycles. The van der Waals surface area contributed by atoms with Gasteiger partial charge in [-0.1, -0.05) is 74.0 Å². The Balaban J connectivity index is 1.59. The van der Waals surface area contributed by atoms with Crippen molar-refractivity contribution in [2.75, 3.05) is 11.9 Å². The van der Waals surface area contributed by atoms with Crippen molar-refractivity contribution in [2.24, 2.45) is 0 Å². The third kappa shape index (κ3) is 6.42. The van der Waals surface area contributed by atoms with E-state index >= 15 is 0 Å². The van der Waals surface area contributed by atoms with E-state index in [0.29, 0.717) is 45.7 Å². The SMILES string of the molecule is CCOc1ccc(C(=O)Nc2ccc(Cl)cc2C(=O)c2ccccc2)cc1COc1ccccc1C(C)C. The monoisotopic (exact) mass is 527 g/mol. The van der Waals surface area contributed by atoms with Gasteiger partial charge in [-0.3, -0.25) is 9.59 Å². The largest absolute Gasteiger partial charge is 0.493 e. The van der Waals surface area contributed by atoms with Crippen molar-refractivity contribution < 1.29 is 19.1 Å². The van der Waals surface area contributed by atoms with Crippen LogP contribution in [0.1, 0.15) is 64.1 Å². The first-order valence-corrected chi connectivity index (χ1v) is 12.9. The number of halogens is 1. The lowest BCUT2D eigenvalue weighted by molar-refractivity contribution is 0.102. The van der Waals surface area contributed by atoms with Gasteiger partial charge in [0.05, 0.1) is 12.3 Å². The number of anilines is 1. The van der Waals surface area contributed by atoms with Crippen molar-refractivity contribution in [1.82, 2.24) is 0 Å². The van der Waals surface area contributed by atoms with Gasteiger partial charge in [-0.25, -0.2) is 0 Å². The summed E-state index contributed by atoms with van der Waals surface area (Å²) in [6, 6.07) is 26.9. The van der Waals surface area contributed by atoms with Crippen LogP contribution >= 0.6 is 11.6 Å². The Kier molecular flexibility index (Phi) is 8.82. The van der Waals surface area contributed by atoms with Crippen LogP contribution in [0.3, 0.4) is 0 Å². The fourth-order valence-corrected chi connectivity index (χ4v) is 4.30. The van der Waals surface area contributed by atoms with Crippen molar-refractivity contribution in [3.05, 3.63) is 124 Å². The molecule has 0 saturated carbocycles. The predicted octanol–water partition coefficient (Wildman–Crippen LogP) is 7.92. The summed E-state index contributed by atoms with van der Waals surface area (Å²) in [7, 11) is 0. The second-order valence-electron chi connectivity index (χ2n) is 9.08. The lowest BCUT2D eigenvalue weighted by Crippen LogP contribution is -2.16. The van der Waals surface area contributed by atoms with Gasteiger partial charge >= 0.3 is 0 Å². The van der Waals surface area contributed by atoms with E-state index in [2.05, 4.69) is 19.2 Å². The van der Waals surface area contributed by atoms with E-state index < -0.39 is 0 Å². The first-order chi connectivity index (χ1) is 18.4. The van der Waals surface area contributed by atoms with Crippen LogP contribution in [-0.2, 0) is 6.61 Å². The number of rotatable bonds is 10. The highest BCUT2D eigenvalue weighted by Crippen LogP contribution is 2.29. The van der Waals surface area contributed by atoms with Crippen molar-refractivity contribution >= 4 is 29.0 Å². The number of nitrogens with one attached hydrogen (secondary N) is 1. The molecule has 5 nitrogen and oxygen atoms in total. The molecule has 0 aliphatic rings. The van der Waals surface area contributed by atoms with Gasteiger partial charge in [0.2, 0.25) is 0 Å². The summed E-state index contributed by atoms with van der Waals surface area (Å²) >= 11 is 6.19. The summed E-state index contributed by atoms with van der Waals surface area (Å²) in [5.74, 6) is 1.17. The molecule has 4 rings (SSSR count). The van der Waals surface area contributed by atoms with E-state index in [1.54, 1.807) is 60.7 Å². The molecule has 0 aliphatic carbocycles. The van der Waals surface area contributed by atoms with E-state index in [1.807, 2.05) is 37.3 Å². The number of benzene rings is 4. The Bertz CT molecular complexity index is 1430. The Morgan fingerprint density at radius 3 is 2.29 bits per heavy atom. The molecule has 0 unspecified atom stereocenters. The molecule has 0 aliphatic heterocycles. The standard InChI is InChI=1S/C32H30ClNO4/c1-4-37-29-17-14-23(18-24(29)20-38-30-13-9-8-12-26(30)21(2)3)32(36)34-28-16-15-25(33)19-27(28)31(35)22-10-6-5-7-11-22/h5-19,21H,4,20H2,1-3H3,(H,34,36). The van der Waals surface area contributed by atoms with Crippen LogP contribution in [0.25, 0.3) is 0 Å². The molecule has 4 aromatic rings. The minimum absolute atomic E-state index is 0.229. The highest BCUT2D eigenvalue weighted by atomic mass is 35.5. The zero-order chi connectivity index (χ0) is 27.1. The van der Waals surface area contributed by atoms with Crippen LogP contribution in [-0.4, -0.2) is 18.3 Å². The average Bonchev–Trinajstić information content (AvgIpc) is 2.93. The highest BCUT2D eigenvalue weighted by Gasteiger charge is 2.18. The minimum atomic E-state index is -0.360. The molecule has 0 saturated heterocycles. The lowest BCUT2D eigenvalue weighted by Gasteiger charge is -2.17. The number of ketones is 1. The van der Waals surface area contributed by atoms with Crippen molar-refractivity contribution in [1.29, 1.82) is 0 Å². The van der Waals surface area contributed by atoms with Crippen LogP contribution in [0.4, 0.5) is 5.69 Å². The van der Waals surface area contributed by atoms with E-state index in [1.165, 1.54) is 0 Å². The molecule has 0 radical (unpaired) electrons. The number of amides is 1. The van der Waals surface area contributed by atoms with Crippen molar-refractivity contribution in [3.8, 4) is 11.5 Å². The number of hydrogen-bond acceptors (Lipinski definition) is 4. The number of ether oxygens (including phenoxy) is 2. The normalized spacial score (nSPS) is 10.8. The van der Waals surface area contributed by atoms with E-state index in [-0.39, 0.29) is 18.3 Å². The van der Waals surface area contributed by atoms with Crippen LogP contribution in [0.15, 0.2) is 91.0 Å². The van der Waals surface area contributed by atoms with E-state index in [9.17, 15) is 9.59 Å². The van der Waals surface area contributed by atoms with Gasteiger partial charge in [-0.15, -0.1) is 0 Å². The number of carbonyl (C=O) groups excluding carboxylic acids is 2. The molecular weight excluding hydrogens is 498 g/mol. The molecule has 1 N–H and O–H groups in total. The molecule has 0 fully saturated rings. The third-order valence-electron chi connectivity index (χ3n) is 6.06. The van der Waals surface area contributed by atoms with Gasteiger partial charge in [0.25, 0.3) is 5.91 Å². The topological polar surface area (TPSA) is 64.6 Å². The second kappa shape index (κ2) is 12.4. The summed E-state index contributed by atoms with van der Waals surface area (Å²) in [6.45, 7) is 6.86. The van der Waals surface area contributed by atoms with Crippen molar-refractivity contribution in [3.63, 3.8) is 0 Å². The quantitative estimate of drug-likeness (QED) is 0.213. The Labute approximate surface area is 228 Å². The Hall–Kier alpha value is -4.09. The van der Waals surface area contributed by atoms with E-state index in [4.69, 9.17) is 21.1 Å². The summed E-state index contributed by atoms with van der Waals surface area (Å²) in [4.78, 5) is 26.5. The zero-order valence-corrected chi connectivity index (χ0v) is 22.4. The maximum atomic E-state index is 13.3. The van der Waals surface area contributed by atoms with Crippen LogP contribution in [0.5, 0.6) is 11.5 Å². The summed E-state index contributed by atoms with van der Waals surface area (Å²) in [6.07, 6.45) is 0. The maximum absolute atomic E-state index is 13.3. The molecule has 0 bridgehead atoms. The molecule has 0 atom stereocenters. The Morgan fingerprint density at radius 2 is 1.55 bits per heavy atom. The van der Waals surface area contributed by atoms with Gasteiger partial charge in [0, 0.05) is 27.3 Å². The van der Waals surface area contributed by atoms with Gasteiger partial charge in [0.15, 0.2) is 5.78 Å². The third-order valence-corrected chi connectivity index (χ3v) is 6.29. The van der Waals surface area contributed by atoms with Gasteiger partial charge in [-0.05, 0) is 60.9 Å². The fourth-order valence-electron chi connectivity index (χ4n) is 4.13. The zero-order valence-electron chi connectivity index (χ0n) is 21.7. The predicted molar refractivity (Wildman–Crippen MR) is 152 cm³/mol. The maximum Gasteiger partial charge on any atom is 0.255 e. The number of carbonyl (C=O) groups is 2. The molecule has 0 spiro atoms. The summed E-state index contributed by atoms with van der Waals surface area (Å²) in [5.41, 5.74) is 3.47.